The molecule has 1 heteroatoms. The molecule has 0 saturated heterocycles. The maximum atomic E-state index is 3.58. The molecule has 1 N–H and O–H groups in total. The molecule has 62 valence electrons. The van der Waals surface area contributed by atoms with Gasteiger partial charge in [0.25, 0.3) is 0 Å². The summed E-state index contributed by atoms with van der Waals surface area (Å²) in [5.74, 6) is 0. The SMILES string of the molecule is c1cc2c3c(c1)CCC3NCC2. The van der Waals surface area contributed by atoms with Crippen molar-refractivity contribution in [3.05, 3.63) is 34.9 Å². The Morgan fingerprint density at radius 2 is 2.00 bits per heavy atom. The number of rotatable bonds is 0. The molecular formula is C11H13N. The van der Waals surface area contributed by atoms with Crippen LogP contribution in [0.2, 0.25) is 0 Å². The molecule has 1 nitrogen and oxygen atoms in total. The van der Waals surface area contributed by atoms with Crippen LogP contribution in [0.5, 0.6) is 0 Å². The molecule has 1 aromatic rings. The van der Waals surface area contributed by atoms with Crippen molar-refractivity contribution in [2.75, 3.05) is 6.54 Å². The predicted molar refractivity (Wildman–Crippen MR) is 49.2 cm³/mol. The molecular weight excluding hydrogens is 146 g/mol. The standard InChI is InChI=1S/C11H13N/c1-2-8-4-5-10-11(8)9(3-1)6-7-12-10/h1-3,10,12H,4-7H2. The lowest BCUT2D eigenvalue weighted by Crippen LogP contribution is -2.27. The van der Waals surface area contributed by atoms with Crippen LogP contribution in [0.25, 0.3) is 0 Å². The molecule has 12 heavy (non-hydrogen) atoms. The zero-order chi connectivity index (χ0) is 7.97. The average molecular weight is 159 g/mol. The van der Waals surface area contributed by atoms with Gasteiger partial charge in [0.05, 0.1) is 0 Å². The highest BCUT2D eigenvalue weighted by molar-refractivity contribution is 5.42. The van der Waals surface area contributed by atoms with Gasteiger partial charge in [-0.15, -0.1) is 0 Å². The smallest absolute Gasteiger partial charge is 0.0329 e. The van der Waals surface area contributed by atoms with Gasteiger partial charge >= 0.3 is 0 Å². The van der Waals surface area contributed by atoms with E-state index in [1.54, 1.807) is 16.7 Å². The van der Waals surface area contributed by atoms with Crippen molar-refractivity contribution in [3.8, 4) is 0 Å². The second-order valence-corrected chi connectivity index (χ2v) is 3.79. The molecule has 1 heterocycles. The van der Waals surface area contributed by atoms with Crippen LogP contribution in [0.1, 0.15) is 29.2 Å². The molecule has 0 bridgehead atoms. The maximum absolute atomic E-state index is 3.58. The van der Waals surface area contributed by atoms with Gasteiger partial charge in [0.2, 0.25) is 0 Å². The molecule has 1 aromatic carbocycles. The molecule has 1 unspecified atom stereocenters. The zero-order valence-electron chi connectivity index (χ0n) is 7.14. The Bertz CT molecular complexity index is 317. The predicted octanol–water partition coefficient (Wildman–Crippen LogP) is 1.82. The summed E-state index contributed by atoms with van der Waals surface area (Å²) < 4.78 is 0. The number of hydrogen-bond donors (Lipinski definition) is 1. The fourth-order valence-corrected chi connectivity index (χ4v) is 2.58. The van der Waals surface area contributed by atoms with Crippen LogP contribution in [0.3, 0.4) is 0 Å². The minimum absolute atomic E-state index is 0.685. The largest absolute Gasteiger partial charge is 0.310 e. The Kier molecular flexibility index (Phi) is 1.30. The van der Waals surface area contributed by atoms with E-state index < -0.39 is 0 Å². The third-order valence-electron chi connectivity index (χ3n) is 3.12. The lowest BCUT2D eigenvalue weighted by Gasteiger charge is -2.22. The summed E-state index contributed by atoms with van der Waals surface area (Å²) in [5, 5.41) is 3.58. The summed E-state index contributed by atoms with van der Waals surface area (Å²) in [6.07, 6.45) is 3.81. The van der Waals surface area contributed by atoms with E-state index >= 15 is 0 Å². The molecule has 0 spiro atoms. The number of aryl methyl sites for hydroxylation is 1. The quantitative estimate of drug-likeness (QED) is 0.609. The summed E-state index contributed by atoms with van der Waals surface area (Å²) >= 11 is 0. The van der Waals surface area contributed by atoms with E-state index in [4.69, 9.17) is 0 Å². The highest BCUT2D eigenvalue weighted by Gasteiger charge is 2.26. The van der Waals surface area contributed by atoms with Gasteiger partial charge in [0.15, 0.2) is 0 Å². The van der Waals surface area contributed by atoms with Gasteiger partial charge in [-0.25, -0.2) is 0 Å². The van der Waals surface area contributed by atoms with E-state index in [0.29, 0.717) is 6.04 Å². The maximum Gasteiger partial charge on any atom is 0.0329 e. The van der Waals surface area contributed by atoms with Crippen molar-refractivity contribution >= 4 is 0 Å². The Hall–Kier alpha value is -0.820. The van der Waals surface area contributed by atoms with E-state index in [0.717, 1.165) is 0 Å². The van der Waals surface area contributed by atoms with Gasteiger partial charge in [-0.3, -0.25) is 0 Å². The Labute approximate surface area is 72.8 Å². The Balaban J connectivity index is 2.23. The fraction of sp³-hybridized carbons (Fsp3) is 0.455. The van der Waals surface area contributed by atoms with Gasteiger partial charge in [0, 0.05) is 6.04 Å². The van der Waals surface area contributed by atoms with Gasteiger partial charge in [-0.05, 0) is 42.5 Å². The lowest BCUT2D eigenvalue weighted by atomic mass is 9.95. The molecule has 1 aliphatic heterocycles. The van der Waals surface area contributed by atoms with Crippen LogP contribution >= 0.6 is 0 Å². The fourth-order valence-electron chi connectivity index (χ4n) is 2.58. The average Bonchev–Trinajstić information content (AvgIpc) is 2.52. The Morgan fingerprint density at radius 1 is 1.17 bits per heavy atom. The first-order valence-corrected chi connectivity index (χ1v) is 4.79. The van der Waals surface area contributed by atoms with Crippen LogP contribution in [0.15, 0.2) is 18.2 Å². The molecule has 3 rings (SSSR count). The van der Waals surface area contributed by atoms with Gasteiger partial charge in [-0.1, -0.05) is 18.2 Å². The monoisotopic (exact) mass is 159 g/mol. The summed E-state index contributed by atoms with van der Waals surface area (Å²) in [4.78, 5) is 0. The van der Waals surface area contributed by atoms with E-state index in [1.807, 2.05) is 0 Å². The number of benzene rings is 1. The van der Waals surface area contributed by atoms with Gasteiger partial charge in [0.1, 0.15) is 0 Å². The van der Waals surface area contributed by atoms with Crippen molar-refractivity contribution in [3.63, 3.8) is 0 Å². The molecule has 0 aromatic heterocycles. The molecule has 0 fully saturated rings. The third kappa shape index (κ3) is 0.774. The highest BCUT2D eigenvalue weighted by atomic mass is 14.9. The topological polar surface area (TPSA) is 12.0 Å². The van der Waals surface area contributed by atoms with Crippen LogP contribution in [-0.2, 0) is 12.8 Å². The minimum atomic E-state index is 0.685. The van der Waals surface area contributed by atoms with Crippen molar-refractivity contribution in [2.45, 2.75) is 25.3 Å². The minimum Gasteiger partial charge on any atom is -0.310 e. The van der Waals surface area contributed by atoms with Gasteiger partial charge in [-0.2, -0.15) is 0 Å². The van der Waals surface area contributed by atoms with E-state index in [-0.39, 0.29) is 0 Å². The van der Waals surface area contributed by atoms with Crippen LogP contribution in [0.4, 0.5) is 0 Å². The van der Waals surface area contributed by atoms with Crippen molar-refractivity contribution in [1.29, 1.82) is 0 Å². The zero-order valence-corrected chi connectivity index (χ0v) is 7.14. The van der Waals surface area contributed by atoms with Gasteiger partial charge < -0.3 is 5.32 Å². The van der Waals surface area contributed by atoms with E-state index in [9.17, 15) is 0 Å². The van der Waals surface area contributed by atoms with Crippen LogP contribution in [0, 0.1) is 0 Å². The highest BCUT2D eigenvalue weighted by Crippen LogP contribution is 2.35. The second-order valence-electron chi connectivity index (χ2n) is 3.79. The molecule has 0 amide bonds. The molecule has 0 radical (unpaired) electrons. The van der Waals surface area contributed by atoms with E-state index in [1.165, 1.54) is 25.8 Å². The first kappa shape index (κ1) is 6.67. The van der Waals surface area contributed by atoms with Crippen LogP contribution < -0.4 is 5.32 Å². The second kappa shape index (κ2) is 2.33. The summed E-state index contributed by atoms with van der Waals surface area (Å²) in [6.45, 7) is 1.17. The third-order valence-corrected chi connectivity index (χ3v) is 3.12. The summed E-state index contributed by atoms with van der Waals surface area (Å²) in [7, 11) is 0. The normalized spacial score (nSPS) is 25.5. The number of nitrogens with one attached hydrogen (secondary N) is 1. The van der Waals surface area contributed by atoms with Crippen molar-refractivity contribution < 1.29 is 0 Å². The van der Waals surface area contributed by atoms with Crippen molar-refractivity contribution in [2.24, 2.45) is 0 Å². The number of hydrogen-bond acceptors (Lipinski definition) is 1. The first-order chi connectivity index (χ1) is 5.95. The Morgan fingerprint density at radius 3 is 2.92 bits per heavy atom. The molecule has 1 aliphatic carbocycles. The first-order valence-electron chi connectivity index (χ1n) is 4.79. The molecule has 2 aliphatic rings. The summed E-state index contributed by atoms with van der Waals surface area (Å²) in [6, 6.07) is 7.47. The van der Waals surface area contributed by atoms with Crippen LogP contribution in [-0.4, -0.2) is 6.54 Å². The molecule has 1 atom stereocenters. The summed E-state index contributed by atoms with van der Waals surface area (Å²) in [5.41, 5.74) is 4.81. The molecule has 0 saturated carbocycles. The lowest BCUT2D eigenvalue weighted by molar-refractivity contribution is 0.506. The van der Waals surface area contributed by atoms with E-state index in [2.05, 4.69) is 23.5 Å². The van der Waals surface area contributed by atoms with Crippen molar-refractivity contribution in [1.82, 2.24) is 5.32 Å².